The highest BCUT2D eigenvalue weighted by atomic mass is 16.2. The normalized spacial score (nSPS) is 20.3. The predicted octanol–water partition coefficient (Wildman–Crippen LogP) is -1.15. The van der Waals surface area contributed by atoms with Crippen LogP contribution in [-0.2, 0) is 14.4 Å². The molecule has 0 radical (unpaired) electrons. The Morgan fingerprint density at radius 2 is 1.94 bits per heavy atom. The maximum absolute atomic E-state index is 12.1. The number of rotatable bonds is 3. The Morgan fingerprint density at radius 3 is 2.31 bits per heavy atom. The highest BCUT2D eigenvalue weighted by Gasteiger charge is 2.37. The summed E-state index contributed by atoms with van der Waals surface area (Å²) < 4.78 is 0. The van der Waals surface area contributed by atoms with Crippen LogP contribution in [0.5, 0.6) is 0 Å². The highest BCUT2D eigenvalue weighted by molar-refractivity contribution is 6.03. The Labute approximate surface area is 94.2 Å². The van der Waals surface area contributed by atoms with Gasteiger partial charge in [0.05, 0.1) is 5.41 Å². The van der Waals surface area contributed by atoms with Gasteiger partial charge in [0.1, 0.15) is 13.1 Å². The van der Waals surface area contributed by atoms with Crippen molar-refractivity contribution in [3.63, 3.8) is 0 Å². The second kappa shape index (κ2) is 4.61. The van der Waals surface area contributed by atoms with Crippen molar-refractivity contribution < 1.29 is 14.4 Å². The van der Waals surface area contributed by atoms with Crippen LogP contribution in [0.15, 0.2) is 0 Å². The molecule has 0 bridgehead atoms. The smallest absolute Gasteiger partial charge is 0.246 e. The molecule has 6 heteroatoms. The summed E-state index contributed by atoms with van der Waals surface area (Å²) >= 11 is 0. The number of carbonyl (C=O) groups is 3. The van der Waals surface area contributed by atoms with Crippen molar-refractivity contribution in [1.29, 1.82) is 0 Å². The lowest BCUT2D eigenvalue weighted by Gasteiger charge is -2.34. The van der Waals surface area contributed by atoms with E-state index in [4.69, 9.17) is 5.73 Å². The number of hydrogen-bond donors (Lipinski definition) is 2. The lowest BCUT2D eigenvalue weighted by molar-refractivity contribution is -0.150. The molecular formula is C10H17N3O3. The molecule has 1 rings (SSSR count). The largest absolute Gasteiger partial charge is 0.329 e. The van der Waals surface area contributed by atoms with Crippen LogP contribution in [0.4, 0.5) is 0 Å². The molecule has 0 aliphatic carbocycles. The standard InChI is InChI=1S/C10H17N3O3/c1-3-10(2,6-11)9(16)13-4-7(14)12-8(15)5-13/h3-6,11H2,1-2H3,(H,12,14,15). The molecule has 1 fully saturated rings. The third-order valence-electron chi connectivity index (χ3n) is 2.98. The Hall–Kier alpha value is -1.43. The lowest BCUT2D eigenvalue weighted by atomic mass is 9.86. The van der Waals surface area contributed by atoms with Gasteiger partial charge in [-0.1, -0.05) is 6.92 Å². The third-order valence-corrected chi connectivity index (χ3v) is 2.98. The van der Waals surface area contributed by atoms with Gasteiger partial charge in [0.25, 0.3) is 0 Å². The molecule has 1 unspecified atom stereocenters. The van der Waals surface area contributed by atoms with Crippen molar-refractivity contribution in [3.8, 4) is 0 Å². The number of nitrogens with two attached hydrogens (primary N) is 1. The van der Waals surface area contributed by atoms with Crippen LogP contribution in [0.25, 0.3) is 0 Å². The minimum Gasteiger partial charge on any atom is -0.329 e. The number of imide groups is 1. The molecule has 0 saturated carbocycles. The van der Waals surface area contributed by atoms with Gasteiger partial charge < -0.3 is 10.6 Å². The van der Waals surface area contributed by atoms with Crippen molar-refractivity contribution in [2.45, 2.75) is 20.3 Å². The molecular weight excluding hydrogens is 210 g/mol. The molecule has 6 nitrogen and oxygen atoms in total. The molecule has 16 heavy (non-hydrogen) atoms. The van der Waals surface area contributed by atoms with Gasteiger partial charge in [-0.2, -0.15) is 0 Å². The SMILES string of the molecule is CCC(C)(CN)C(=O)N1CC(=O)NC(=O)C1. The fourth-order valence-electron chi connectivity index (χ4n) is 1.55. The Bertz CT molecular complexity index is 307. The van der Waals surface area contributed by atoms with Crippen LogP contribution >= 0.6 is 0 Å². The van der Waals surface area contributed by atoms with E-state index in [1.54, 1.807) is 6.92 Å². The van der Waals surface area contributed by atoms with Gasteiger partial charge in [0.15, 0.2) is 0 Å². The summed E-state index contributed by atoms with van der Waals surface area (Å²) in [6.07, 6.45) is 0.578. The summed E-state index contributed by atoms with van der Waals surface area (Å²) in [5.74, 6) is -1.12. The monoisotopic (exact) mass is 227 g/mol. The molecule has 0 aromatic rings. The van der Waals surface area contributed by atoms with Gasteiger partial charge in [-0.3, -0.25) is 19.7 Å². The Kier molecular flexibility index (Phi) is 3.64. The first-order valence-electron chi connectivity index (χ1n) is 5.25. The van der Waals surface area contributed by atoms with Gasteiger partial charge in [-0.25, -0.2) is 0 Å². The maximum atomic E-state index is 12.1. The summed E-state index contributed by atoms with van der Waals surface area (Å²) in [7, 11) is 0. The van der Waals surface area contributed by atoms with Crippen molar-refractivity contribution >= 4 is 17.7 Å². The quantitative estimate of drug-likeness (QED) is 0.595. The highest BCUT2D eigenvalue weighted by Crippen LogP contribution is 2.22. The summed E-state index contributed by atoms with van der Waals surface area (Å²) in [4.78, 5) is 35.6. The third kappa shape index (κ3) is 2.38. The number of piperazine rings is 1. The minimum atomic E-state index is -0.697. The zero-order valence-corrected chi connectivity index (χ0v) is 9.58. The second-order valence-corrected chi connectivity index (χ2v) is 4.25. The van der Waals surface area contributed by atoms with E-state index in [2.05, 4.69) is 5.32 Å². The number of hydrogen-bond acceptors (Lipinski definition) is 4. The van der Waals surface area contributed by atoms with Crippen molar-refractivity contribution in [3.05, 3.63) is 0 Å². The summed E-state index contributed by atoms with van der Waals surface area (Å²) in [6.45, 7) is 3.66. The minimum absolute atomic E-state index is 0.0693. The van der Waals surface area contributed by atoms with Crippen molar-refractivity contribution in [1.82, 2.24) is 10.2 Å². The number of amides is 3. The first kappa shape index (κ1) is 12.6. The van der Waals surface area contributed by atoms with E-state index in [0.29, 0.717) is 6.42 Å². The molecule has 3 amide bonds. The van der Waals surface area contributed by atoms with Gasteiger partial charge in [0.2, 0.25) is 17.7 Å². The van der Waals surface area contributed by atoms with E-state index in [1.165, 1.54) is 4.90 Å². The second-order valence-electron chi connectivity index (χ2n) is 4.25. The zero-order valence-electron chi connectivity index (χ0n) is 9.58. The van der Waals surface area contributed by atoms with Gasteiger partial charge in [-0.05, 0) is 13.3 Å². The van der Waals surface area contributed by atoms with Crippen LogP contribution in [-0.4, -0.2) is 42.3 Å². The topological polar surface area (TPSA) is 92.5 Å². The number of nitrogens with one attached hydrogen (secondary N) is 1. The molecule has 1 atom stereocenters. The van der Waals surface area contributed by atoms with E-state index >= 15 is 0 Å². The van der Waals surface area contributed by atoms with Crippen LogP contribution in [0.1, 0.15) is 20.3 Å². The number of nitrogens with zero attached hydrogens (tertiary/aromatic N) is 1. The fourth-order valence-corrected chi connectivity index (χ4v) is 1.55. The average Bonchev–Trinajstić information content (AvgIpc) is 2.25. The van der Waals surface area contributed by atoms with E-state index in [1.807, 2.05) is 6.92 Å². The average molecular weight is 227 g/mol. The fraction of sp³-hybridized carbons (Fsp3) is 0.700. The molecule has 0 aromatic heterocycles. The van der Waals surface area contributed by atoms with E-state index < -0.39 is 17.2 Å². The molecule has 1 saturated heterocycles. The first-order valence-corrected chi connectivity index (χ1v) is 5.25. The summed E-state index contributed by atoms with van der Waals surface area (Å²) in [5, 5.41) is 2.15. The van der Waals surface area contributed by atoms with Crippen LogP contribution in [0.3, 0.4) is 0 Å². The van der Waals surface area contributed by atoms with Crippen LogP contribution in [0, 0.1) is 5.41 Å². The van der Waals surface area contributed by atoms with Crippen molar-refractivity contribution in [2.75, 3.05) is 19.6 Å². The van der Waals surface area contributed by atoms with Gasteiger partial charge in [-0.15, -0.1) is 0 Å². The van der Waals surface area contributed by atoms with Crippen LogP contribution in [0.2, 0.25) is 0 Å². The summed E-state index contributed by atoms with van der Waals surface area (Å²) in [5.41, 5.74) is 4.86. The van der Waals surface area contributed by atoms with Crippen molar-refractivity contribution in [2.24, 2.45) is 11.1 Å². The summed E-state index contributed by atoms with van der Waals surface area (Å²) in [6, 6.07) is 0. The molecule has 3 N–H and O–H groups in total. The first-order chi connectivity index (χ1) is 7.42. The predicted molar refractivity (Wildman–Crippen MR) is 57.2 cm³/mol. The molecule has 1 aliphatic heterocycles. The molecule has 0 spiro atoms. The molecule has 1 heterocycles. The lowest BCUT2D eigenvalue weighted by Crippen LogP contribution is -2.57. The Balaban J connectivity index is 2.80. The van der Waals surface area contributed by atoms with Gasteiger partial charge >= 0.3 is 0 Å². The zero-order chi connectivity index (χ0) is 12.3. The molecule has 90 valence electrons. The molecule has 1 aliphatic rings. The number of carbonyl (C=O) groups excluding carboxylic acids is 3. The Morgan fingerprint density at radius 1 is 1.44 bits per heavy atom. The van der Waals surface area contributed by atoms with Crippen LogP contribution < -0.4 is 11.1 Å². The van der Waals surface area contributed by atoms with E-state index in [0.717, 1.165) is 0 Å². The maximum Gasteiger partial charge on any atom is 0.246 e. The molecule has 0 aromatic carbocycles. The van der Waals surface area contributed by atoms with E-state index in [9.17, 15) is 14.4 Å². The van der Waals surface area contributed by atoms with Gasteiger partial charge in [0, 0.05) is 6.54 Å². The van der Waals surface area contributed by atoms with E-state index in [-0.39, 0.29) is 25.5 Å².